The Labute approximate surface area is 396 Å². The summed E-state index contributed by atoms with van der Waals surface area (Å²) >= 11 is 0. The summed E-state index contributed by atoms with van der Waals surface area (Å²) in [6.07, 6.45) is 6.98. The van der Waals surface area contributed by atoms with Crippen LogP contribution >= 0.6 is 7.60 Å². The van der Waals surface area contributed by atoms with Crippen molar-refractivity contribution in [2.75, 3.05) is 137 Å². The van der Waals surface area contributed by atoms with E-state index >= 15 is 0 Å². The molecule has 0 aromatic carbocycles. The quantitative estimate of drug-likeness (QED) is 0.0468. The van der Waals surface area contributed by atoms with E-state index in [1.807, 2.05) is 13.1 Å². The van der Waals surface area contributed by atoms with Crippen LogP contribution < -0.4 is 4.90 Å². The number of aromatic amines is 1. The molecule has 0 unspecified atom stereocenters. The summed E-state index contributed by atoms with van der Waals surface area (Å²) in [4.78, 5) is 31.5. The fraction of sp³-hybridized carbons (Fsp3) is 0.837. The topological polar surface area (TPSA) is 277 Å². The minimum Gasteiger partial charge on any atom is -0.390 e. The maximum atomic E-state index is 11.2. The number of ketones is 1. The van der Waals surface area contributed by atoms with Crippen molar-refractivity contribution in [3.8, 4) is 0 Å². The van der Waals surface area contributed by atoms with Crippen LogP contribution in [-0.2, 0) is 81.2 Å². The van der Waals surface area contributed by atoms with Crippen molar-refractivity contribution in [1.82, 2.24) is 35.0 Å². The van der Waals surface area contributed by atoms with Gasteiger partial charge in [0.1, 0.15) is 23.9 Å². The molecule has 4 N–H and O–H groups in total. The summed E-state index contributed by atoms with van der Waals surface area (Å²) in [7, 11) is -4.29. The molecular formula is C43H73N8O16P. The van der Waals surface area contributed by atoms with Crippen molar-refractivity contribution in [1.29, 1.82) is 0 Å². The third kappa shape index (κ3) is 18.9. The fourth-order valence-electron chi connectivity index (χ4n) is 8.28. The van der Waals surface area contributed by atoms with Crippen LogP contribution in [-0.4, -0.2) is 212 Å². The molecular weight excluding hydrogens is 915 g/mol. The molecule has 3 atom stereocenters. The highest BCUT2D eigenvalue weighted by Crippen LogP contribution is 2.47. The van der Waals surface area contributed by atoms with E-state index in [0.717, 1.165) is 61.3 Å². The van der Waals surface area contributed by atoms with E-state index in [1.165, 1.54) is 0 Å². The van der Waals surface area contributed by atoms with Crippen molar-refractivity contribution < 1.29 is 76.4 Å². The summed E-state index contributed by atoms with van der Waals surface area (Å²) in [6, 6.07) is 0. The van der Waals surface area contributed by atoms with Crippen molar-refractivity contribution in [2.24, 2.45) is 5.41 Å². The number of aliphatic hydroxyl groups excluding tert-OH is 1. The molecule has 1 spiro atoms. The van der Waals surface area contributed by atoms with Gasteiger partial charge in [0.2, 0.25) is 0 Å². The third-order valence-electron chi connectivity index (χ3n) is 11.9. The number of rotatable bonds is 38. The van der Waals surface area contributed by atoms with Crippen LogP contribution in [0.15, 0.2) is 12.4 Å². The van der Waals surface area contributed by atoms with E-state index in [0.29, 0.717) is 145 Å². The maximum absolute atomic E-state index is 11.2. The van der Waals surface area contributed by atoms with Gasteiger partial charge in [-0.1, -0.05) is 12.1 Å². The number of carbonyl (C=O) groups is 1. The van der Waals surface area contributed by atoms with Gasteiger partial charge in [-0.2, -0.15) is 10.2 Å². The van der Waals surface area contributed by atoms with Crippen LogP contribution in [0.1, 0.15) is 57.6 Å². The van der Waals surface area contributed by atoms with Crippen molar-refractivity contribution in [3.05, 3.63) is 18.1 Å². The lowest BCUT2D eigenvalue weighted by Crippen LogP contribution is -2.58. The molecule has 1 saturated carbocycles. The largest absolute Gasteiger partial charge is 0.390 e. The van der Waals surface area contributed by atoms with E-state index in [-0.39, 0.29) is 30.0 Å². The highest BCUT2D eigenvalue weighted by molar-refractivity contribution is 7.51. The Kier molecular flexibility index (Phi) is 23.4. The number of Topliss-reactive ketones (excluding diaryl/α,β-unsaturated/α-hetero) is 1. The first-order valence-electron chi connectivity index (χ1n) is 23.8. The molecule has 0 radical (unpaired) electrons. The summed E-state index contributed by atoms with van der Waals surface area (Å²) in [6.45, 7) is 12.6. The number of ether oxygens (including phenoxy) is 11. The zero-order valence-electron chi connectivity index (χ0n) is 39.4. The standard InChI is InChI=1S/C43H73N8O16P/c1-2-35(52)5-9-57-11-13-59-15-16-60-14-12-58-10-8-50-27-34(45-48-50)29-64-22-21-62-18-17-61-19-20-63-23-24-66-36-3-6-43(7-4-36)31-49(32-43)41-38-26-44-51(42(38)47-46-41)28-37-25-39(53)40(67-37)30-65-33-68(54,55)56/h26-27,36-37,39-40,53H,2-25,28-33H2,1H3,(H,46,47)(H2,54,55,56)/t37-,39-,40+/m0/s1. The predicted molar refractivity (Wildman–Crippen MR) is 242 cm³/mol. The molecule has 25 heteroatoms. The number of anilines is 1. The van der Waals surface area contributed by atoms with E-state index in [2.05, 4.69) is 30.5 Å². The molecule has 0 amide bonds. The van der Waals surface area contributed by atoms with Crippen molar-refractivity contribution in [2.45, 2.75) is 96.0 Å². The van der Waals surface area contributed by atoms with Gasteiger partial charge < -0.3 is 71.9 Å². The third-order valence-corrected chi connectivity index (χ3v) is 12.5. The van der Waals surface area contributed by atoms with Gasteiger partial charge in [0.05, 0.1) is 168 Å². The van der Waals surface area contributed by atoms with E-state index in [1.54, 1.807) is 15.6 Å². The van der Waals surface area contributed by atoms with Crippen LogP contribution in [0.4, 0.5) is 5.82 Å². The first-order valence-corrected chi connectivity index (χ1v) is 25.6. The number of nitrogens with one attached hydrogen (secondary N) is 1. The van der Waals surface area contributed by atoms with Crippen LogP contribution in [0.5, 0.6) is 0 Å². The summed E-state index contributed by atoms with van der Waals surface area (Å²) in [5, 5.41) is 31.9. The Bertz CT molecular complexity index is 1900. The first-order chi connectivity index (χ1) is 33.1. The molecule has 3 aromatic heterocycles. The normalized spacial score (nSPS) is 19.8. The predicted octanol–water partition coefficient (Wildman–Crippen LogP) is 1.49. The Morgan fingerprint density at radius 3 is 2.07 bits per heavy atom. The molecule has 24 nitrogen and oxygen atoms in total. The number of aromatic nitrogens is 7. The van der Waals surface area contributed by atoms with Crippen LogP contribution in [0.25, 0.3) is 11.0 Å². The molecule has 0 bridgehead atoms. The number of H-pyrrole nitrogens is 1. The Balaban J connectivity index is 0.681. The number of carbonyl (C=O) groups excluding carboxylic acids is 1. The Morgan fingerprint density at radius 1 is 0.838 bits per heavy atom. The van der Waals surface area contributed by atoms with Crippen LogP contribution in [0.3, 0.4) is 0 Å². The molecule has 68 heavy (non-hydrogen) atoms. The molecule has 6 rings (SSSR count). The lowest BCUT2D eigenvalue weighted by atomic mass is 9.68. The summed E-state index contributed by atoms with van der Waals surface area (Å²) in [5.74, 6) is 1.09. The highest BCUT2D eigenvalue weighted by atomic mass is 31.2. The van der Waals surface area contributed by atoms with Gasteiger partial charge in [0.25, 0.3) is 0 Å². The second-order valence-electron chi connectivity index (χ2n) is 17.3. The summed E-state index contributed by atoms with van der Waals surface area (Å²) in [5.41, 5.74) is 1.78. The highest BCUT2D eigenvalue weighted by Gasteiger charge is 2.46. The molecule has 5 heterocycles. The molecule has 386 valence electrons. The molecule has 2 aliphatic heterocycles. The van der Waals surface area contributed by atoms with Gasteiger partial charge in [0.15, 0.2) is 11.5 Å². The second kappa shape index (κ2) is 29.3. The zero-order valence-corrected chi connectivity index (χ0v) is 40.3. The van der Waals surface area contributed by atoms with Gasteiger partial charge in [-0.3, -0.25) is 14.5 Å². The average Bonchev–Trinajstić information content (AvgIpc) is 4.12. The zero-order chi connectivity index (χ0) is 47.9. The van der Waals surface area contributed by atoms with Crippen LogP contribution in [0, 0.1) is 5.41 Å². The van der Waals surface area contributed by atoms with E-state index in [9.17, 15) is 14.5 Å². The van der Waals surface area contributed by atoms with Gasteiger partial charge in [-0.05, 0) is 25.7 Å². The van der Waals surface area contributed by atoms with Gasteiger partial charge in [-0.25, -0.2) is 9.36 Å². The smallest absolute Gasteiger partial charge is 0.350 e. The van der Waals surface area contributed by atoms with Gasteiger partial charge in [0, 0.05) is 37.8 Å². The maximum Gasteiger partial charge on any atom is 0.350 e. The number of fused-ring (bicyclic) bond motifs is 1. The monoisotopic (exact) mass is 988 g/mol. The van der Waals surface area contributed by atoms with Gasteiger partial charge in [-0.15, -0.1) is 5.10 Å². The second-order valence-corrected chi connectivity index (χ2v) is 18.9. The number of hydrogen-bond acceptors (Lipinski definition) is 19. The van der Waals surface area contributed by atoms with Crippen molar-refractivity contribution in [3.63, 3.8) is 0 Å². The molecule has 1 aliphatic carbocycles. The lowest BCUT2D eigenvalue weighted by molar-refractivity contribution is -0.120. The first kappa shape index (κ1) is 54.3. The molecule has 3 aliphatic rings. The van der Waals surface area contributed by atoms with Crippen molar-refractivity contribution >= 4 is 30.2 Å². The minimum absolute atomic E-state index is 0.102. The number of aliphatic hydroxyl groups is 1. The van der Waals surface area contributed by atoms with Crippen LogP contribution in [0.2, 0.25) is 0 Å². The van der Waals surface area contributed by atoms with E-state index < -0.39 is 26.2 Å². The molecule has 3 fully saturated rings. The fourth-order valence-corrected chi connectivity index (χ4v) is 8.63. The average molecular weight is 989 g/mol. The molecule has 3 aromatic rings. The number of nitrogens with zero attached hydrogens (tertiary/aromatic N) is 7. The van der Waals surface area contributed by atoms with E-state index in [4.69, 9.17) is 61.9 Å². The summed E-state index contributed by atoms with van der Waals surface area (Å²) < 4.78 is 76.2. The Hall–Kier alpha value is -3.04. The Morgan fingerprint density at radius 2 is 1.44 bits per heavy atom. The molecule has 2 saturated heterocycles. The SMILES string of the molecule is CCC(=O)CCOCCOCCOCCOCCn1cc(COCCOCCOCCOCCOC2CCC3(CC2)CN(c2n[nH]c4c2cnn4C[C@@H]2C[C@H](O)[C@@H](COCP(=O)(O)O)O2)C3)nn1. The lowest BCUT2D eigenvalue weighted by Gasteiger charge is -2.53. The minimum atomic E-state index is -4.29. The van der Waals surface area contributed by atoms with Gasteiger partial charge >= 0.3 is 7.60 Å². The number of hydrogen-bond donors (Lipinski definition) is 4.